The van der Waals surface area contributed by atoms with Crippen LogP contribution in [-0.4, -0.2) is 47.9 Å². The van der Waals surface area contributed by atoms with E-state index in [2.05, 4.69) is 55.8 Å². The molecular weight excluding hydrogens is 506 g/mol. The first-order valence-corrected chi connectivity index (χ1v) is 13.9. The van der Waals surface area contributed by atoms with E-state index in [9.17, 15) is 4.79 Å². The Morgan fingerprint density at radius 3 is 2.63 bits per heavy atom. The lowest BCUT2D eigenvalue weighted by atomic mass is 9.57. The van der Waals surface area contributed by atoms with E-state index >= 15 is 0 Å². The van der Waals surface area contributed by atoms with E-state index < -0.39 is 0 Å². The minimum atomic E-state index is 0.0207. The van der Waals surface area contributed by atoms with Gasteiger partial charge in [0.05, 0.1) is 28.3 Å². The van der Waals surface area contributed by atoms with Crippen LogP contribution in [-0.2, 0) is 31.4 Å². The quantitative estimate of drug-likeness (QED) is 0.496. The van der Waals surface area contributed by atoms with E-state index in [1.54, 1.807) is 0 Å². The van der Waals surface area contributed by atoms with Crippen LogP contribution in [0.2, 0.25) is 0 Å². The average Bonchev–Trinajstić information content (AvgIpc) is 3.38. The predicted octanol–water partition coefficient (Wildman–Crippen LogP) is 3.95. The van der Waals surface area contributed by atoms with Gasteiger partial charge < -0.3 is 10.2 Å². The van der Waals surface area contributed by atoms with E-state index in [1.165, 1.54) is 36.2 Å². The summed E-state index contributed by atoms with van der Waals surface area (Å²) < 4.78 is 4.20. The minimum Gasteiger partial charge on any atom is -0.366 e. The molecule has 3 aromatic heterocycles. The second-order valence-electron chi connectivity index (χ2n) is 11.1. The fourth-order valence-corrected chi connectivity index (χ4v) is 6.96. The van der Waals surface area contributed by atoms with E-state index in [0.29, 0.717) is 10.7 Å². The second kappa shape index (κ2) is 8.32. The molecule has 0 radical (unpaired) electrons. The molecule has 4 aliphatic rings. The Labute approximate surface area is 214 Å². The van der Waals surface area contributed by atoms with E-state index in [0.717, 1.165) is 67.7 Å². The van der Waals surface area contributed by atoms with Crippen LogP contribution in [0.1, 0.15) is 61.2 Å². The van der Waals surface area contributed by atoms with Crippen LogP contribution in [0.5, 0.6) is 0 Å². The summed E-state index contributed by atoms with van der Waals surface area (Å²) in [5.41, 5.74) is 7.46. The molecule has 1 aliphatic heterocycles. The molecule has 3 aliphatic carbocycles. The molecule has 3 saturated carbocycles. The number of aromatic nitrogens is 5. The van der Waals surface area contributed by atoms with Gasteiger partial charge in [0.15, 0.2) is 5.65 Å². The lowest BCUT2D eigenvalue weighted by Crippen LogP contribution is -2.57. The molecule has 0 unspecified atom stereocenters. The van der Waals surface area contributed by atoms with Crippen LogP contribution < -0.4 is 10.2 Å². The Bertz CT molecular complexity index is 1280. The molecule has 3 aromatic rings. The summed E-state index contributed by atoms with van der Waals surface area (Å²) in [4.78, 5) is 19.2. The fourth-order valence-electron chi connectivity index (χ4n) is 6.81. The van der Waals surface area contributed by atoms with Gasteiger partial charge >= 0.3 is 0 Å². The van der Waals surface area contributed by atoms with Crippen molar-refractivity contribution in [3.8, 4) is 0 Å². The topological polar surface area (TPSA) is 80.9 Å². The molecule has 186 valence electrons. The average molecular weight is 541 g/mol. The summed E-state index contributed by atoms with van der Waals surface area (Å²) >= 11 is 3.30. The first kappa shape index (κ1) is 23.0. The molecule has 8 nitrogen and oxygen atoms in total. The zero-order valence-electron chi connectivity index (χ0n) is 20.9. The second-order valence-corrected chi connectivity index (χ2v) is 11.7. The van der Waals surface area contributed by atoms with Gasteiger partial charge in [0, 0.05) is 55.6 Å². The van der Waals surface area contributed by atoms with Crippen molar-refractivity contribution in [3.05, 3.63) is 34.9 Å². The summed E-state index contributed by atoms with van der Waals surface area (Å²) in [6, 6.07) is 2.19. The molecule has 7 rings (SSSR count). The highest BCUT2D eigenvalue weighted by Gasteiger charge is 2.49. The number of anilines is 1. The monoisotopic (exact) mass is 539 g/mol. The number of pyridine rings is 1. The first-order chi connectivity index (χ1) is 16.8. The van der Waals surface area contributed by atoms with Crippen LogP contribution in [0, 0.1) is 19.3 Å². The van der Waals surface area contributed by atoms with Gasteiger partial charge in [0.2, 0.25) is 5.91 Å². The first-order valence-electron chi connectivity index (χ1n) is 12.8. The zero-order chi connectivity index (χ0) is 24.4. The minimum absolute atomic E-state index is 0.0207. The number of rotatable bonds is 5. The smallest absolute Gasteiger partial charge is 0.231 e. The van der Waals surface area contributed by atoms with Gasteiger partial charge in [-0.2, -0.15) is 10.2 Å². The molecule has 0 atom stereocenters. The van der Waals surface area contributed by atoms with E-state index in [1.807, 2.05) is 17.9 Å². The molecule has 9 heteroatoms. The Morgan fingerprint density at radius 2 is 1.91 bits per heavy atom. The molecule has 0 saturated heterocycles. The highest BCUT2D eigenvalue weighted by Crippen LogP contribution is 2.53. The summed E-state index contributed by atoms with van der Waals surface area (Å²) in [7, 11) is 1.96. The van der Waals surface area contributed by atoms with Crippen LogP contribution >= 0.6 is 15.9 Å². The number of nitrogens with zero attached hydrogens (tertiary/aromatic N) is 6. The van der Waals surface area contributed by atoms with Gasteiger partial charge in [-0.05, 0) is 63.9 Å². The summed E-state index contributed by atoms with van der Waals surface area (Å²) in [6.07, 6.45) is 9.72. The molecule has 2 bridgehead atoms. The Kier molecular flexibility index (Phi) is 5.47. The molecule has 0 aromatic carbocycles. The van der Waals surface area contributed by atoms with Gasteiger partial charge in [-0.3, -0.25) is 14.2 Å². The number of fused-ring (bicyclic) bond motifs is 5. The Morgan fingerprint density at radius 1 is 1.17 bits per heavy atom. The van der Waals surface area contributed by atoms with E-state index in [4.69, 9.17) is 10.1 Å². The molecule has 3 fully saturated rings. The van der Waals surface area contributed by atoms with E-state index in [-0.39, 0.29) is 11.4 Å². The zero-order valence-corrected chi connectivity index (χ0v) is 22.5. The number of amides is 1. The molecular formula is C26H34BrN7O. The van der Waals surface area contributed by atoms with Crippen LogP contribution in [0.4, 0.5) is 5.69 Å². The number of aryl methyl sites for hydroxylation is 3. The van der Waals surface area contributed by atoms with Crippen molar-refractivity contribution in [2.75, 3.05) is 16.8 Å². The third kappa shape index (κ3) is 3.86. The highest BCUT2D eigenvalue weighted by molar-refractivity contribution is 9.09. The van der Waals surface area contributed by atoms with Crippen molar-refractivity contribution >= 4 is 38.6 Å². The number of nitrogens with one attached hydrogen (secondary N) is 1. The lowest BCUT2D eigenvalue weighted by molar-refractivity contribution is -0.122. The van der Waals surface area contributed by atoms with Gasteiger partial charge in [0.1, 0.15) is 0 Å². The van der Waals surface area contributed by atoms with Crippen LogP contribution in [0.3, 0.4) is 0 Å². The predicted molar refractivity (Wildman–Crippen MR) is 140 cm³/mol. The van der Waals surface area contributed by atoms with Crippen molar-refractivity contribution < 1.29 is 4.79 Å². The number of hydrogen-bond acceptors (Lipinski definition) is 5. The number of halogens is 1. The molecule has 4 heterocycles. The summed E-state index contributed by atoms with van der Waals surface area (Å²) in [6.45, 7) is 7.08. The summed E-state index contributed by atoms with van der Waals surface area (Å²) in [5, 5.41) is 14.4. The van der Waals surface area contributed by atoms with Crippen molar-refractivity contribution in [1.82, 2.24) is 29.9 Å². The van der Waals surface area contributed by atoms with Crippen LogP contribution in [0.15, 0.2) is 12.3 Å². The largest absolute Gasteiger partial charge is 0.366 e. The normalized spacial score (nSPS) is 25.8. The van der Waals surface area contributed by atoms with Crippen LogP contribution in [0.25, 0.3) is 11.0 Å². The third-order valence-corrected chi connectivity index (χ3v) is 9.41. The molecule has 1 amide bonds. The highest BCUT2D eigenvalue weighted by atomic mass is 79.9. The fraction of sp³-hybridized carbons (Fsp3) is 0.615. The van der Waals surface area contributed by atoms with Gasteiger partial charge in [-0.1, -0.05) is 15.9 Å². The van der Waals surface area contributed by atoms with Crippen molar-refractivity contribution in [2.24, 2.45) is 12.5 Å². The maximum absolute atomic E-state index is 12.0. The number of carbonyl (C=O) groups is 1. The SMILES string of the molecule is Cc1cc(N2CCc3c(c(C)nn3CC34CCC(NC(=O)CBr)(CC3)CC4)C2)c2cnn(C)c2n1. The molecule has 1 N–H and O–H groups in total. The number of carbonyl (C=O) groups excluding carboxylic acids is 1. The van der Waals surface area contributed by atoms with Crippen molar-refractivity contribution in [3.63, 3.8) is 0 Å². The molecule has 35 heavy (non-hydrogen) atoms. The van der Waals surface area contributed by atoms with Gasteiger partial charge in [0.25, 0.3) is 0 Å². The third-order valence-electron chi connectivity index (χ3n) is 8.90. The molecule has 0 spiro atoms. The number of hydrogen-bond donors (Lipinski definition) is 1. The maximum atomic E-state index is 12.0. The van der Waals surface area contributed by atoms with Gasteiger partial charge in [-0.25, -0.2) is 4.98 Å². The lowest BCUT2D eigenvalue weighted by Gasteiger charge is -2.53. The standard InChI is InChI=1S/C26H34BrN7O/c1-17-12-22(19-14-28-32(3)24(19)29-17)33-11-4-21-20(15-33)18(2)31-34(21)16-25-5-8-26(9-6-25,10-7-25)30-23(35)13-27/h12,14H,4-11,13,15-16H2,1-3H3,(H,30,35). The van der Waals surface area contributed by atoms with Gasteiger partial charge in [-0.15, -0.1) is 0 Å². The van der Waals surface area contributed by atoms with Crippen molar-refractivity contribution in [2.45, 2.75) is 77.4 Å². The Balaban J connectivity index is 1.22. The Hall–Kier alpha value is -2.42. The summed E-state index contributed by atoms with van der Waals surface area (Å²) in [5.74, 6) is 0.119. The maximum Gasteiger partial charge on any atom is 0.231 e. The van der Waals surface area contributed by atoms with Crippen molar-refractivity contribution in [1.29, 1.82) is 0 Å². The number of alkyl halides is 1.